The van der Waals surface area contributed by atoms with Gasteiger partial charge < -0.3 is 68.3 Å². The van der Waals surface area contributed by atoms with E-state index in [1.807, 2.05) is 108 Å². The standard InChI is InChI=1S/C85H97N9O17/c1-51(2)65(41-61(95)49-108-37-36-107-35-32-86-76(97)28-29-77(98)91-46-58-14-9-10-15-63(58)79-78(88-89-94(79)52(3)4)64-16-11-12-17-68(64)91)80(99)87-53(5)71(96)38-54-18-20-55(21-19-54)48-111-84(103)93-69-44-75(73(106-8)43-67(69)82(101)92-50-85(30-31-85)45-70(92)83(93)102)110-34-13-33-109-74-40-57-22-25-60-39-59(56-23-26-62(104-6)27-24-56)47-90(60)81(100)66(57)42-72(74)105-7/h9-12,14-21,23-24,26-27,40,42-44,47,51-53,60,65,70,83,102H,13,22,25,28-39,41,45-46,48-50H2,1-8H3,(H,86,97)(H,87,99)/t53-,60+,65-,70-,83-/m0/s1. The predicted octanol–water partition coefficient (Wildman–Crippen LogP) is 11.1. The lowest BCUT2D eigenvalue weighted by Crippen LogP contribution is -2.50. The first kappa shape index (κ1) is 78.2. The van der Waals surface area contributed by atoms with Crippen LogP contribution in [0.3, 0.4) is 0 Å². The number of aromatic nitrogens is 3. The quantitative estimate of drug-likeness (QED) is 0.0330. The third kappa shape index (κ3) is 17.5. The number of aliphatic hydroxyl groups is 1. The fraction of sp³-hybridized carbons (Fsp3) is 0.435. The number of carbonyl (C=O) groups is 8. The lowest BCUT2D eigenvalue weighted by molar-refractivity contribution is -0.134. The molecule has 1 aliphatic carbocycles. The molecule has 584 valence electrons. The van der Waals surface area contributed by atoms with Crippen LogP contribution < -0.4 is 44.1 Å². The van der Waals surface area contributed by atoms with Gasteiger partial charge in [-0.1, -0.05) is 97.9 Å². The zero-order valence-electron chi connectivity index (χ0n) is 64.1. The molecule has 1 saturated carbocycles. The number of amides is 6. The minimum atomic E-state index is -1.47. The van der Waals surface area contributed by atoms with E-state index in [-0.39, 0.29) is 160 Å². The number of hydrogen-bond acceptors (Lipinski definition) is 19. The number of aryl methyl sites for hydroxylation is 1. The highest BCUT2D eigenvalue weighted by Crippen LogP contribution is 2.57. The highest BCUT2D eigenvalue weighted by Gasteiger charge is 2.58. The molecular formula is C85H97N9O17. The van der Waals surface area contributed by atoms with E-state index >= 15 is 0 Å². The largest absolute Gasteiger partial charge is 0.497 e. The summed E-state index contributed by atoms with van der Waals surface area (Å²) in [6, 6.07) is 35.4. The predicted molar refractivity (Wildman–Crippen MR) is 412 cm³/mol. The maximum Gasteiger partial charge on any atom is 0.416 e. The van der Waals surface area contributed by atoms with Crippen molar-refractivity contribution in [3.05, 3.63) is 166 Å². The summed E-state index contributed by atoms with van der Waals surface area (Å²) in [7, 11) is 4.62. The Balaban J connectivity index is 0.542. The number of rotatable bonds is 32. The monoisotopic (exact) mass is 1520 g/mol. The number of aliphatic hydroxyl groups excluding tert-OH is 1. The summed E-state index contributed by atoms with van der Waals surface area (Å²) >= 11 is 0. The Bertz CT molecular complexity index is 4670. The number of ketones is 2. The van der Waals surface area contributed by atoms with Gasteiger partial charge in [-0.2, -0.15) is 0 Å². The number of nitrogens with zero attached hydrogens (tertiary/aromatic N) is 7. The lowest BCUT2D eigenvalue weighted by Gasteiger charge is -2.31. The Morgan fingerprint density at radius 1 is 0.694 bits per heavy atom. The Morgan fingerprint density at radius 2 is 1.39 bits per heavy atom. The summed E-state index contributed by atoms with van der Waals surface area (Å²) in [5.74, 6) is -0.822. The Kier molecular flexibility index (Phi) is 24.3. The van der Waals surface area contributed by atoms with Gasteiger partial charge in [0, 0.05) is 92.2 Å². The van der Waals surface area contributed by atoms with Crippen LogP contribution in [0, 0.1) is 17.3 Å². The molecule has 0 bridgehead atoms. The summed E-state index contributed by atoms with van der Waals surface area (Å²) in [4.78, 5) is 117. The fourth-order valence-electron chi connectivity index (χ4n) is 15.4. The first-order valence-electron chi connectivity index (χ1n) is 38.2. The Hall–Kier alpha value is -11.0. The molecule has 6 heterocycles. The van der Waals surface area contributed by atoms with Crippen molar-refractivity contribution in [3.8, 4) is 51.3 Å². The number of hydrogen-bond donors (Lipinski definition) is 3. The average molecular weight is 1520 g/mol. The molecule has 6 aliphatic rings. The number of nitrogens with one attached hydrogen (secondary N) is 2. The molecule has 1 aromatic heterocycles. The second kappa shape index (κ2) is 34.5. The van der Waals surface area contributed by atoms with E-state index in [1.165, 1.54) is 26.4 Å². The molecule has 6 amide bonds. The number of benzene rings is 6. The zero-order chi connectivity index (χ0) is 78.2. The third-order valence-corrected chi connectivity index (χ3v) is 21.9. The maximum absolute atomic E-state index is 14.5. The van der Waals surface area contributed by atoms with Crippen molar-refractivity contribution >= 4 is 64.1 Å². The van der Waals surface area contributed by atoms with E-state index in [9.17, 15) is 43.5 Å². The first-order valence-corrected chi connectivity index (χ1v) is 38.2. The summed E-state index contributed by atoms with van der Waals surface area (Å²) in [5, 5.41) is 26.9. The zero-order valence-corrected chi connectivity index (χ0v) is 64.1. The summed E-state index contributed by atoms with van der Waals surface area (Å²) in [6.07, 6.45) is 4.24. The number of para-hydroxylation sites is 1. The molecule has 26 nitrogen and oxygen atoms in total. The van der Waals surface area contributed by atoms with Crippen LogP contribution in [0.5, 0.6) is 28.7 Å². The van der Waals surface area contributed by atoms with Crippen LogP contribution >= 0.6 is 0 Å². The molecule has 0 radical (unpaired) electrons. The van der Waals surface area contributed by atoms with Crippen molar-refractivity contribution in [1.82, 2.24) is 35.4 Å². The number of methoxy groups -OCH3 is 3. The molecule has 1 spiro atoms. The van der Waals surface area contributed by atoms with E-state index < -0.39 is 36.2 Å². The van der Waals surface area contributed by atoms with Gasteiger partial charge in [0.1, 0.15) is 24.7 Å². The summed E-state index contributed by atoms with van der Waals surface area (Å²) in [5.41, 5.74) is 9.80. The smallest absolute Gasteiger partial charge is 0.416 e. The lowest BCUT2D eigenvalue weighted by atomic mass is 9.89. The minimum Gasteiger partial charge on any atom is -0.497 e. The van der Waals surface area contributed by atoms with Crippen molar-refractivity contribution in [2.45, 2.75) is 149 Å². The van der Waals surface area contributed by atoms with E-state index in [0.29, 0.717) is 71.9 Å². The first-order chi connectivity index (χ1) is 53.6. The Morgan fingerprint density at radius 3 is 2.10 bits per heavy atom. The maximum atomic E-state index is 14.5. The summed E-state index contributed by atoms with van der Waals surface area (Å²) < 4.78 is 48.6. The van der Waals surface area contributed by atoms with Gasteiger partial charge in [0.05, 0.1) is 95.6 Å². The van der Waals surface area contributed by atoms with Crippen LogP contribution in [0.4, 0.5) is 16.2 Å². The normalized spacial score (nSPS) is 17.6. The molecule has 26 heteroatoms. The van der Waals surface area contributed by atoms with Crippen LogP contribution in [0.15, 0.2) is 128 Å². The fourth-order valence-corrected chi connectivity index (χ4v) is 15.4. The van der Waals surface area contributed by atoms with Crippen LogP contribution in [-0.2, 0) is 64.2 Å². The highest BCUT2D eigenvalue weighted by molar-refractivity contribution is 6.07. The van der Waals surface area contributed by atoms with Gasteiger partial charge in [0.25, 0.3) is 11.8 Å². The van der Waals surface area contributed by atoms with Gasteiger partial charge >= 0.3 is 6.09 Å². The molecule has 0 unspecified atom stereocenters. The molecule has 5 atom stereocenters. The molecule has 3 N–H and O–H groups in total. The van der Waals surface area contributed by atoms with Crippen molar-refractivity contribution in [3.63, 3.8) is 0 Å². The van der Waals surface area contributed by atoms with E-state index in [2.05, 4.69) is 34.8 Å². The van der Waals surface area contributed by atoms with E-state index in [1.54, 1.807) is 54.2 Å². The van der Waals surface area contributed by atoms with Crippen LogP contribution in [-0.4, -0.2) is 176 Å². The number of carbonyl (C=O) groups excluding carboxylic acids is 8. The van der Waals surface area contributed by atoms with Gasteiger partial charge in [-0.3, -0.25) is 33.6 Å². The number of ether oxygens (including phenoxy) is 8. The number of fused-ring (bicyclic) bond motifs is 9. The second-order valence-electron chi connectivity index (χ2n) is 30.0. The van der Waals surface area contributed by atoms with Crippen LogP contribution in [0.25, 0.3) is 28.1 Å². The third-order valence-electron chi connectivity index (χ3n) is 21.9. The van der Waals surface area contributed by atoms with Gasteiger partial charge in [-0.25, -0.2) is 14.4 Å². The summed E-state index contributed by atoms with van der Waals surface area (Å²) in [6.45, 7) is 10.5. The van der Waals surface area contributed by atoms with Crippen molar-refractivity contribution in [2.75, 3.05) is 83.9 Å². The second-order valence-corrected chi connectivity index (χ2v) is 30.0. The number of Topliss-reactive ketones (excluding diaryl/α,β-unsaturated/α-hetero) is 2. The van der Waals surface area contributed by atoms with Gasteiger partial charge in [0.15, 0.2) is 40.8 Å². The van der Waals surface area contributed by atoms with E-state index in [4.69, 9.17) is 37.9 Å². The average Bonchev–Trinajstić information content (AvgIpc) is 1.53. The van der Waals surface area contributed by atoms with Crippen molar-refractivity contribution in [1.29, 1.82) is 0 Å². The van der Waals surface area contributed by atoms with E-state index in [0.717, 1.165) is 75.4 Å². The molecule has 6 aromatic carbocycles. The van der Waals surface area contributed by atoms with Crippen LogP contribution in [0.2, 0.25) is 0 Å². The molecule has 111 heavy (non-hydrogen) atoms. The molecule has 5 aliphatic heterocycles. The highest BCUT2D eigenvalue weighted by atomic mass is 16.6. The topological polar surface area (TPSA) is 298 Å². The van der Waals surface area contributed by atoms with Crippen molar-refractivity contribution in [2.24, 2.45) is 17.3 Å². The van der Waals surface area contributed by atoms with Gasteiger partial charge in [0.2, 0.25) is 17.7 Å². The molecule has 1 saturated heterocycles. The van der Waals surface area contributed by atoms with Gasteiger partial charge in [-0.15, -0.1) is 5.10 Å². The van der Waals surface area contributed by atoms with Gasteiger partial charge in [-0.05, 0) is 140 Å². The van der Waals surface area contributed by atoms with Crippen LogP contribution in [0.1, 0.15) is 147 Å². The molecule has 7 aromatic rings. The minimum absolute atomic E-state index is 0.00900. The SMILES string of the molecule is COc1ccc(C2=CN3C(=O)c4cc(OC)c(OCCCOc5cc6c(cc5OC)C(=O)N5CC7(CC7)C[C@H]5[C@H](O)N6C(=O)OCc5ccc(CC(=O)[C@H](C)NC(=O)[C@@H](CC(=O)COCCOCCNC(=O)CCC(=O)N6Cc7ccccc7-c7c(nnn7C(C)C)-c7ccccc76)C(C)C)cc5)cc4CC[C@@H]3C2)cc1. The molecule has 2 fully saturated rings. The number of anilines is 2. The molecule has 13 rings (SSSR count). The van der Waals surface area contributed by atoms with Crippen molar-refractivity contribution < 1.29 is 81.4 Å². The Labute approximate surface area is 645 Å². The molecular weight excluding hydrogens is 1420 g/mol.